The van der Waals surface area contributed by atoms with Crippen LogP contribution in [0.15, 0.2) is 24.8 Å². The summed E-state index contributed by atoms with van der Waals surface area (Å²) in [6, 6.07) is 1.59. The van der Waals surface area contributed by atoms with Gasteiger partial charge in [0.25, 0.3) is 5.91 Å². The van der Waals surface area contributed by atoms with Gasteiger partial charge in [0.05, 0.1) is 16.7 Å². The summed E-state index contributed by atoms with van der Waals surface area (Å²) in [6.07, 6.45) is 6.03. The van der Waals surface area contributed by atoms with Gasteiger partial charge in [0.15, 0.2) is 5.82 Å². The van der Waals surface area contributed by atoms with E-state index in [-0.39, 0.29) is 18.1 Å². The highest BCUT2D eigenvalue weighted by Crippen LogP contribution is 2.30. The fourth-order valence-electron chi connectivity index (χ4n) is 2.29. The van der Waals surface area contributed by atoms with Gasteiger partial charge >= 0.3 is 0 Å². The summed E-state index contributed by atoms with van der Waals surface area (Å²) in [7, 11) is 0. The van der Waals surface area contributed by atoms with Gasteiger partial charge in [-0.1, -0.05) is 11.6 Å². The van der Waals surface area contributed by atoms with E-state index in [1.165, 1.54) is 18.7 Å². The van der Waals surface area contributed by atoms with E-state index < -0.39 is 0 Å². The Labute approximate surface area is 126 Å². The highest BCUT2D eigenvalue weighted by atomic mass is 35.5. The third kappa shape index (κ3) is 3.20. The van der Waals surface area contributed by atoms with E-state index in [0.29, 0.717) is 17.1 Å². The Kier molecular flexibility index (Phi) is 4.12. The van der Waals surface area contributed by atoms with Crippen molar-refractivity contribution < 1.29 is 9.53 Å². The second-order valence-corrected chi connectivity index (χ2v) is 5.17. The van der Waals surface area contributed by atoms with Crippen molar-refractivity contribution in [1.29, 1.82) is 0 Å². The number of rotatable bonds is 4. The molecule has 1 saturated heterocycles. The second-order valence-electron chi connectivity index (χ2n) is 4.76. The molecule has 110 valence electrons. The number of carbonyl (C=O) groups is 1. The number of hydrogen-bond donors (Lipinski definition) is 2. The number of pyridine rings is 1. The van der Waals surface area contributed by atoms with Crippen LogP contribution in [0.2, 0.25) is 5.02 Å². The smallest absolute Gasteiger partial charge is 0.252 e. The molecule has 2 aromatic heterocycles. The van der Waals surface area contributed by atoms with Gasteiger partial charge in [0.1, 0.15) is 12.4 Å². The van der Waals surface area contributed by atoms with Gasteiger partial charge in [-0.15, -0.1) is 0 Å². The SMILES string of the molecule is O=C(NC[C@H]1CC[C@@H](c2ncn[nH]2)O1)c1ccncc1Cl. The number of hydrogen-bond acceptors (Lipinski definition) is 5. The normalized spacial score (nSPS) is 21.4. The third-order valence-corrected chi connectivity index (χ3v) is 3.65. The second kappa shape index (κ2) is 6.19. The molecular weight excluding hydrogens is 294 g/mol. The van der Waals surface area contributed by atoms with Crippen molar-refractivity contribution in [3.05, 3.63) is 41.2 Å². The number of halogens is 1. The van der Waals surface area contributed by atoms with Crippen LogP contribution in [-0.4, -0.2) is 38.7 Å². The average molecular weight is 308 g/mol. The van der Waals surface area contributed by atoms with Gasteiger partial charge in [-0.05, 0) is 18.9 Å². The topological polar surface area (TPSA) is 92.8 Å². The summed E-state index contributed by atoms with van der Waals surface area (Å²) in [5.74, 6) is 0.495. The predicted octanol–water partition coefficient (Wildman–Crippen LogP) is 1.50. The molecule has 7 nitrogen and oxygen atoms in total. The third-order valence-electron chi connectivity index (χ3n) is 3.35. The Morgan fingerprint density at radius 1 is 1.52 bits per heavy atom. The first-order valence-corrected chi connectivity index (χ1v) is 7.00. The zero-order valence-electron chi connectivity index (χ0n) is 11.1. The molecule has 1 aliphatic heterocycles. The molecule has 1 amide bonds. The molecule has 2 N–H and O–H groups in total. The average Bonchev–Trinajstić information content (AvgIpc) is 3.16. The van der Waals surface area contributed by atoms with E-state index in [1.54, 1.807) is 6.07 Å². The lowest BCUT2D eigenvalue weighted by molar-refractivity contribution is 0.0392. The Morgan fingerprint density at radius 2 is 2.43 bits per heavy atom. The van der Waals surface area contributed by atoms with Crippen LogP contribution >= 0.6 is 11.6 Å². The number of nitrogens with zero attached hydrogens (tertiary/aromatic N) is 3. The summed E-state index contributed by atoms with van der Waals surface area (Å²) >= 11 is 5.93. The molecule has 0 radical (unpaired) electrons. The van der Waals surface area contributed by atoms with Crippen LogP contribution < -0.4 is 5.32 Å². The number of nitrogens with one attached hydrogen (secondary N) is 2. The van der Waals surface area contributed by atoms with E-state index in [2.05, 4.69) is 25.5 Å². The van der Waals surface area contributed by atoms with Gasteiger partial charge in [-0.25, -0.2) is 4.98 Å². The van der Waals surface area contributed by atoms with Crippen LogP contribution in [0.1, 0.15) is 35.1 Å². The van der Waals surface area contributed by atoms with Crippen LogP contribution in [0.5, 0.6) is 0 Å². The lowest BCUT2D eigenvalue weighted by atomic mass is 10.2. The largest absolute Gasteiger partial charge is 0.365 e. The van der Waals surface area contributed by atoms with Crippen molar-refractivity contribution in [2.75, 3.05) is 6.54 Å². The molecule has 8 heteroatoms. The van der Waals surface area contributed by atoms with Gasteiger partial charge < -0.3 is 10.1 Å². The Bertz CT molecular complexity index is 619. The van der Waals surface area contributed by atoms with Crippen molar-refractivity contribution in [3.8, 4) is 0 Å². The molecule has 0 aliphatic carbocycles. The van der Waals surface area contributed by atoms with Crippen LogP contribution in [0, 0.1) is 0 Å². The Morgan fingerprint density at radius 3 is 3.19 bits per heavy atom. The number of aromatic amines is 1. The van der Waals surface area contributed by atoms with Crippen molar-refractivity contribution in [1.82, 2.24) is 25.5 Å². The van der Waals surface area contributed by atoms with Crippen molar-refractivity contribution >= 4 is 17.5 Å². The molecule has 2 aromatic rings. The van der Waals surface area contributed by atoms with Crippen LogP contribution in [0.25, 0.3) is 0 Å². The number of aromatic nitrogens is 4. The van der Waals surface area contributed by atoms with Gasteiger partial charge in [-0.2, -0.15) is 5.10 Å². The van der Waals surface area contributed by atoms with E-state index in [4.69, 9.17) is 16.3 Å². The predicted molar refractivity (Wildman–Crippen MR) is 74.8 cm³/mol. The standard InChI is InChI=1S/C13H14ClN5O2/c14-10-6-15-4-3-9(10)13(20)16-5-8-1-2-11(21-8)12-17-7-18-19-12/h3-4,6-8,11H,1-2,5H2,(H,16,20)(H,17,18,19)/t8-,11+/m1/s1. The molecule has 0 bridgehead atoms. The summed E-state index contributed by atoms with van der Waals surface area (Å²) in [5, 5.41) is 9.77. The maximum atomic E-state index is 12.0. The molecule has 0 aromatic carbocycles. The van der Waals surface area contributed by atoms with Crippen LogP contribution in [-0.2, 0) is 4.74 Å². The molecule has 2 atom stereocenters. The van der Waals surface area contributed by atoms with Gasteiger partial charge in [0, 0.05) is 18.9 Å². The van der Waals surface area contributed by atoms with Gasteiger partial charge in [-0.3, -0.25) is 14.9 Å². The number of H-pyrrole nitrogens is 1. The molecule has 3 rings (SSSR count). The summed E-state index contributed by atoms with van der Waals surface area (Å²) < 4.78 is 5.83. The first kappa shape index (κ1) is 14.0. The van der Waals surface area contributed by atoms with E-state index in [0.717, 1.165) is 18.7 Å². The number of ether oxygens (including phenoxy) is 1. The van der Waals surface area contributed by atoms with Crippen LogP contribution in [0.3, 0.4) is 0 Å². The lowest BCUT2D eigenvalue weighted by Gasteiger charge is -2.13. The van der Waals surface area contributed by atoms with Crippen LogP contribution in [0.4, 0.5) is 0 Å². The monoisotopic (exact) mass is 307 g/mol. The van der Waals surface area contributed by atoms with Crippen molar-refractivity contribution in [3.63, 3.8) is 0 Å². The molecule has 21 heavy (non-hydrogen) atoms. The molecular formula is C13H14ClN5O2. The van der Waals surface area contributed by atoms with E-state index in [9.17, 15) is 4.79 Å². The summed E-state index contributed by atoms with van der Waals surface area (Å²) in [6.45, 7) is 0.433. The quantitative estimate of drug-likeness (QED) is 0.893. The minimum Gasteiger partial charge on any atom is -0.365 e. The maximum absolute atomic E-state index is 12.0. The first-order chi connectivity index (χ1) is 10.2. The lowest BCUT2D eigenvalue weighted by Crippen LogP contribution is -2.32. The fraction of sp³-hybridized carbons (Fsp3) is 0.385. The van der Waals surface area contributed by atoms with E-state index >= 15 is 0 Å². The molecule has 0 unspecified atom stereocenters. The van der Waals surface area contributed by atoms with Gasteiger partial charge in [0.2, 0.25) is 0 Å². The zero-order valence-corrected chi connectivity index (χ0v) is 11.9. The highest BCUT2D eigenvalue weighted by Gasteiger charge is 2.28. The minimum absolute atomic E-state index is 0.0373. The number of carbonyl (C=O) groups excluding carboxylic acids is 1. The minimum atomic E-state index is -0.228. The van der Waals surface area contributed by atoms with Crippen molar-refractivity contribution in [2.24, 2.45) is 0 Å². The van der Waals surface area contributed by atoms with E-state index in [1.807, 2.05) is 0 Å². The first-order valence-electron chi connectivity index (χ1n) is 6.62. The zero-order chi connectivity index (χ0) is 14.7. The molecule has 0 spiro atoms. The maximum Gasteiger partial charge on any atom is 0.252 e. The Hall–Kier alpha value is -1.99. The van der Waals surface area contributed by atoms with Crippen molar-refractivity contribution in [2.45, 2.75) is 25.0 Å². The molecule has 3 heterocycles. The summed E-state index contributed by atoms with van der Waals surface area (Å²) in [5.41, 5.74) is 0.413. The molecule has 0 saturated carbocycles. The Balaban J connectivity index is 1.52. The number of amides is 1. The highest BCUT2D eigenvalue weighted by molar-refractivity contribution is 6.33. The fourth-order valence-corrected chi connectivity index (χ4v) is 2.49. The summed E-state index contributed by atoms with van der Waals surface area (Å²) in [4.78, 5) is 20.0. The molecule has 1 aliphatic rings. The molecule has 1 fully saturated rings.